The summed E-state index contributed by atoms with van der Waals surface area (Å²) >= 11 is 0. The van der Waals surface area contributed by atoms with E-state index in [1.165, 1.54) is 0 Å². The lowest BCUT2D eigenvalue weighted by atomic mass is 10.0. The van der Waals surface area contributed by atoms with Gasteiger partial charge in [0.05, 0.1) is 16.6 Å². The molecule has 0 saturated heterocycles. The Balaban J connectivity index is 1.24. The molecule has 0 aliphatic carbocycles. The van der Waals surface area contributed by atoms with E-state index in [0.717, 1.165) is 54.6 Å². The predicted octanol–water partition coefficient (Wildman–Crippen LogP) is 13.4. The summed E-state index contributed by atoms with van der Waals surface area (Å²) < 4.78 is 50.7. The van der Waals surface area contributed by atoms with E-state index in [9.17, 15) is 5.48 Å². The van der Waals surface area contributed by atoms with E-state index in [1.807, 2.05) is 138 Å². The molecule has 8 aromatic carbocycles. The average molecular weight is 632 g/mol. The van der Waals surface area contributed by atoms with E-state index >= 15 is 0 Å². The van der Waals surface area contributed by atoms with Crippen molar-refractivity contribution in [1.82, 2.24) is 0 Å². The molecule has 0 N–H and O–H groups in total. The van der Waals surface area contributed by atoms with Crippen molar-refractivity contribution in [2.24, 2.45) is 0 Å². The van der Waals surface area contributed by atoms with Crippen LogP contribution in [0.2, 0.25) is 0 Å². The summed E-state index contributed by atoms with van der Waals surface area (Å²) in [5.41, 5.74) is 7.01. The van der Waals surface area contributed by atoms with Crippen LogP contribution in [0.5, 0.6) is 0 Å². The number of furan rings is 2. The fourth-order valence-corrected chi connectivity index (χ4v) is 7.01. The molecule has 0 saturated carbocycles. The molecule has 0 bridgehead atoms. The van der Waals surface area contributed by atoms with Crippen LogP contribution in [0, 0.1) is 0 Å². The molecule has 2 heterocycles. The maximum absolute atomic E-state index is 9.58. The van der Waals surface area contributed by atoms with Crippen molar-refractivity contribution >= 4 is 71.7 Å². The number of para-hydroxylation sites is 1. The first-order chi connectivity index (χ1) is 26.0. The van der Waals surface area contributed by atoms with Gasteiger partial charge in [0.25, 0.3) is 0 Å². The molecule has 10 rings (SSSR count). The lowest BCUT2D eigenvalue weighted by Crippen LogP contribution is -2.10. The SMILES string of the molecule is [2H]c1c([2H])c(N(c2cccc(-c3ccccc3)c2)c2cccc3oc4c5ccccc5ccc4c23)c([2H])c([2H])c1-c1ccc2c(c1)oc1ccccc12. The zero-order valence-corrected chi connectivity index (χ0v) is 26.2. The van der Waals surface area contributed by atoms with Crippen molar-refractivity contribution in [3.05, 3.63) is 176 Å². The molecule has 2 aromatic heterocycles. The maximum Gasteiger partial charge on any atom is 0.143 e. The molecule has 0 aliphatic heterocycles. The summed E-state index contributed by atoms with van der Waals surface area (Å²) in [6.07, 6.45) is 0. The fraction of sp³-hybridized carbons (Fsp3) is 0. The quantitative estimate of drug-likeness (QED) is 0.189. The number of hydrogen-bond donors (Lipinski definition) is 0. The van der Waals surface area contributed by atoms with E-state index in [2.05, 4.69) is 18.2 Å². The summed E-state index contributed by atoms with van der Waals surface area (Å²) in [4.78, 5) is 1.85. The zero-order valence-electron chi connectivity index (χ0n) is 30.2. The molecule has 10 aromatic rings. The molecule has 0 aliphatic rings. The second-order valence-corrected chi connectivity index (χ2v) is 12.2. The molecule has 49 heavy (non-hydrogen) atoms. The summed E-state index contributed by atoms with van der Waals surface area (Å²) in [7, 11) is 0. The number of anilines is 3. The third kappa shape index (κ3) is 4.51. The van der Waals surface area contributed by atoms with Crippen molar-refractivity contribution in [2.75, 3.05) is 4.90 Å². The highest BCUT2D eigenvalue weighted by Gasteiger charge is 2.21. The maximum atomic E-state index is 9.58. The van der Waals surface area contributed by atoms with Gasteiger partial charge in [-0.2, -0.15) is 0 Å². The van der Waals surface area contributed by atoms with Gasteiger partial charge in [-0.15, -0.1) is 0 Å². The van der Waals surface area contributed by atoms with Crippen LogP contribution in [0.1, 0.15) is 5.48 Å². The van der Waals surface area contributed by atoms with Crippen LogP contribution in [-0.2, 0) is 0 Å². The van der Waals surface area contributed by atoms with E-state index in [1.54, 1.807) is 0 Å². The number of benzene rings is 8. The third-order valence-electron chi connectivity index (χ3n) is 9.32. The molecule has 3 heteroatoms. The Labute approximate surface area is 288 Å². The minimum atomic E-state index is -0.161. The lowest BCUT2D eigenvalue weighted by Gasteiger charge is -2.27. The van der Waals surface area contributed by atoms with Gasteiger partial charge in [-0.1, -0.05) is 115 Å². The summed E-state index contributed by atoms with van der Waals surface area (Å²) in [6.45, 7) is 0. The minimum Gasteiger partial charge on any atom is -0.456 e. The molecule has 0 atom stereocenters. The number of rotatable bonds is 5. The van der Waals surface area contributed by atoms with Gasteiger partial charge < -0.3 is 13.7 Å². The molecular weight excluding hydrogens is 599 g/mol. The predicted molar refractivity (Wildman–Crippen MR) is 204 cm³/mol. The van der Waals surface area contributed by atoms with Crippen LogP contribution >= 0.6 is 0 Å². The fourth-order valence-electron chi connectivity index (χ4n) is 7.01. The Morgan fingerprint density at radius 1 is 0.408 bits per heavy atom. The summed E-state index contributed by atoms with van der Waals surface area (Å²) in [5, 5.41) is 5.66. The molecule has 0 radical (unpaired) electrons. The van der Waals surface area contributed by atoms with Gasteiger partial charge in [-0.25, -0.2) is 0 Å². The Morgan fingerprint density at radius 2 is 1.10 bits per heavy atom. The van der Waals surface area contributed by atoms with E-state index < -0.39 is 0 Å². The average Bonchev–Trinajstić information content (AvgIpc) is 3.78. The number of fused-ring (bicyclic) bond motifs is 8. The third-order valence-corrected chi connectivity index (χ3v) is 9.32. The Kier molecular flexibility index (Phi) is 5.32. The van der Waals surface area contributed by atoms with Crippen molar-refractivity contribution in [3.8, 4) is 22.3 Å². The second kappa shape index (κ2) is 11.0. The highest BCUT2D eigenvalue weighted by Crippen LogP contribution is 2.45. The van der Waals surface area contributed by atoms with Gasteiger partial charge in [-0.3, -0.25) is 0 Å². The molecule has 0 amide bonds. The topological polar surface area (TPSA) is 29.5 Å². The van der Waals surface area contributed by atoms with Gasteiger partial charge in [0.2, 0.25) is 0 Å². The van der Waals surface area contributed by atoms with Crippen LogP contribution in [-0.4, -0.2) is 0 Å². The first kappa shape index (κ1) is 23.7. The van der Waals surface area contributed by atoms with Crippen LogP contribution in [0.4, 0.5) is 17.1 Å². The Hall–Kier alpha value is -6.58. The molecule has 3 nitrogen and oxygen atoms in total. The first-order valence-corrected chi connectivity index (χ1v) is 16.3. The molecule has 0 unspecified atom stereocenters. The van der Waals surface area contributed by atoms with Crippen molar-refractivity contribution in [1.29, 1.82) is 0 Å². The van der Waals surface area contributed by atoms with Crippen molar-refractivity contribution < 1.29 is 14.3 Å². The highest BCUT2D eigenvalue weighted by molar-refractivity contribution is 6.19. The van der Waals surface area contributed by atoms with E-state index in [0.29, 0.717) is 28.1 Å². The summed E-state index contributed by atoms with van der Waals surface area (Å²) in [5.74, 6) is 0. The van der Waals surface area contributed by atoms with E-state index in [4.69, 9.17) is 8.83 Å². The van der Waals surface area contributed by atoms with Gasteiger partial charge in [0.15, 0.2) is 0 Å². The molecule has 230 valence electrons. The van der Waals surface area contributed by atoms with Gasteiger partial charge in [0.1, 0.15) is 22.3 Å². The Morgan fingerprint density at radius 3 is 2.00 bits per heavy atom. The second-order valence-electron chi connectivity index (χ2n) is 12.2. The van der Waals surface area contributed by atoms with Crippen LogP contribution in [0.15, 0.2) is 185 Å². The van der Waals surface area contributed by atoms with Crippen LogP contribution in [0.25, 0.3) is 76.9 Å². The smallest absolute Gasteiger partial charge is 0.143 e. The Bertz CT molecular complexity index is 3050. The number of nitrogens with zero attached hydrogens (tertiary/aromatic N) is 1. The van der Waals surface area contributed by atoms with E-state index in [-0.39, 0.29) is 35.4 Å². The largest absolute Gasteiger partial charge is 0.456 e. The zero-order chi connectivity index (χ0) is 35.8. The van der Waals surface area contributed by atoms with Gasteiger partial charge in [-0.05, 0) is 88.3 Å². The molecule has 0 spiro atoms. The summed E-state index contributed by atoms with van der Waals surface area (Å²) in [6, 6.07) is 48.8. The molecule has 0 fully saturated rings. The first-order valence-electron chi connectivity index (χ1n) is 18.3. The number of hydrogen-bond acceptors (Lipinski definition) is 3. The standard InChI is InChI=1S/C46H29NO2/c1-2-10-30(11-3-1)33-13-8-14-36(28-33)47(41-17-9-19-43-45(41)40-27-22-32-12-4-5-15-37(32)46(40)49-43)35-24-20-31(21-25-35)34-23-26-39-38-16-6-7-18-42(38)48-44(39)29-34/h1-29H/i20D,21D,24D,25D. The van der Waals surface area contributed by atoms with Crippen molar-refractivity contribution in [3.63, 3.8) is 0 Å². The lowest BCUT2D eigenvalue weighted by molar-refractivity contribution is 0.669. The highest BCUT2D eigenvalue weighted by atomic mass is 16.3. The van der Waals surface area contributed by atoms with Crippen molar-refractivity contribution in [2.45, 2.75) is 0 Å². The van der Waals surface area contributed by atoms with Crippen LogP contribution in [0.3, 0.4) is 0 Å². The van der Waals surface area contributed by atoms with Gasteiger partial charge in [0, 0.05) is 32.9 Å². The monoisotopic (exact) mass is 631 g/mol. The molecular formula is C46H29NO2. The van der Waals surface area contributed by atoms with Gasteiger partial charge >= 0.3 is 0 Å². The van der Waals surface area contributed by atoms with Crippen LogP contribution < -0.4 is 4.90 Å². The minimum absolute atomic E-state index is 0.140. The normalized spacial score (nSPS) is 12.8.